The first-order valence-electron chi connectivity index (χ1n) is 8.69. The summed E-state index contributed by atoms with van der Waals surface area (Å²) >= 11 is 0. The topological polar surface area (TPSA) is 81.4 Å². The van der Waals surface area contributed by atoms with Crippen molar-refractivity contribution in [2.24, 2.45) is 5.73 Å². The molecule has 0 aliphatic heterocycles. The zero-order valence-corrected chi connectivity index (χ0v) is 15.5. The smallest absolute Gasteiger partial charge is 0.248 e. The maximum absolute atomic E-state index is 12.0. The second-order valence-electron chi connectivity index (χ2n) is 7.22. The summed E-state index contributed by atoms with van der Waals surface area (Å²) in [4.78, 5) is 23.1. The molecule has 5 heteroatoms. The monoisotopic (exact) mass is 354 g/mol. The van der Waals surface area contributed by atoms with Crippen LogP contribution >= 0.6 is 0 Å². The number of nitrogens with one attached hydrogen (secondary N) is 1. The third-order valence-electron chi connectivity index (χ3n) is 3.97. The molecule has 0 saturated heterocycles. The average Bonchev–Trinajstić information content (AvgIpc) is 2.58. The number of primary amides is 1. The second-order valence-corrected chi connectivity index (χ2v) is 7.22. The van der Waals surface area contributed by atoms with E-state index in [9.17, 15) is 9.59 Å². The van der Waals surface area contributed by atoms with E-state index in [0.717, 1.165) is 5.75 Å². The van der Waals surface area contributed by atoms with E-state index in [1.54, 1.807) is 24.3 Å². The molecule has 5 nitrogen and oxygen atoms in total. The highest BCUT2D eigenvalue weighted by Gasteiger charge is 2.13. The fraction of sp³-hybridized carbons (Fsp3) is 0.333. The summed E-state index contributed by atoms with van der Waals surface area (Å²) < 4.78 is 5.68. The van der Waals surface area contributed by atoms with Gasteiger partial charge in [-0.15, -0.1) is 0 Å². The van der Waals surface area contributed by atoms with Crippen molar-refractivity contribution in [2.75, 3.05) is 11.9 Å². The summed E-state index contributed by atoms with van der Waals surface area (Å²) in [6.07, 6.45) is 0.934. The number of rotatable bonds is 7. The lowest BCUT2D eigenvalue weighted by atomic mass is 9.87. The number of amides is 2. The van der Waals surface area contributed by atoms with Gasteiger partial charge >= 0.3 is 0 Å². The van der Waals surface area contributed by atoms with Gasteiger partial charge in [-0.3, -0.25) is 9.59 Å². The van der Waals surface area contributed by atoms with Crippen LogP contribution in [-0.2, 0) is 10.2 Å². The van der Waals surface area contributed by atoms with Crippen LogP contribution in [0.5, 0.6) is 5.75 Å². The molecule has 26 heavy (non-hydrogen) atoms. The molecular weight excluding hydrogens is 328 g/mol. The lowest BCUT2D eigenvalue weighted by Crippen LogP contribution is -2.15. The highest BCUT2D eigenvalue weighted by molar-refractivity contribution is 5.96. The summed E-state index contributed by atoms with van der Waals surface area (Å²) in [7, 11) is 0. The molecule has 0 aromatic heterocycles. The minimum Gasteiger partial charge on any atom is -0.494 e. The molecule has 0 aliphatic carbocycles. The van der Waals surface area contributed by atoms with E-state index in [4.69, 9.17) is 10.5 Å². The summed E-state index contributed by atoms with van der Waals surface area (Å²) in [5.74, 6) is 0.151. The third kappa shape index (κ3) is 5.92. The van der Waals surface area contributed by atoms with Gasteiger partial charge in [-0.2, -0.15) is 0 Å². The predicted octanol–water partition coefficient (Wildman–Crippen LogP) is 3.88. The van der Waals surface area contributed by atoms with E-state index >= 15 is 0 Å². The van der Waals surface area contributed by atoms with Gasteiger partial charge in [0.05, 0.1) is 6.61 Å². The molecule has 0 spiro atoms. The molecule has 138 valence electrons. The largest absolute Gasteiger partial charge is 0.494 e. The maximum atomic E-state index is 12.0. The van der Waals surface area contributed by atoms with Crippen molar-refractivity contribution < 1.29 is 14.3 Å². The number of anilines is 1. The van der Waals surface area contributed by atoms with Crippen molar-refractivity contribution in [3.8, 4) is 5.75 Å². The van der Waals surface area contributed by atoms with E-state index < -0.39 is 5.91 Å². The van der Waals surface area contributed by atoms with E-state index in [1.165, 1.54) is 5.56 Å². The Labute approximate surface area is 154 Å². The molecule has 0 radical (unpaired) electrons. The molecule has 0 unspecified atom stereocenters. The molecule has 3 N–H and O–H groups in total. The van der Waals surface area contributed by atoms with Crippen LogP contribution in [0.4, 0.5) is 5.69 Å². The number of nitrogens with two attached hydrogens (primary N) is 1. The van der Waals surface area contributed by atoms with Gasteiger partial charge in [-0.1, -0.05) is 39.0 Å². The Morgan fingerprint density at radius 1 is 1.08 bits per heavy atom. The van der Waals surface area contributed by atoms with Crippen molar-refractivity contribution in [1.29, 1.82) is 0 Å². The van der Waals surface area contributed by atoms with Gasteiger partial charge in [0.15, 0.2) is 0 Å². The molecule has 2 amide bonds. The lowest BCUT2D eigenvalue weighted by molar-refractivity contribution is -0.116. The normalized spacial score (nSPS) is 11.0. The van der Waals surface area contributed by atoms with Crippen molar-refractivity contribution in [2.45, 2.75) is 39.0 Å². The Hall–Kier alpha value is -2.82. The fourth-order valence-electron chi connectivity index (χ4n) is 2.45. The SMILES string of the molecule is CC(C)(C)c1ccc(OCCCC(=O)Nc2cccc(C(N)=O)c2)cc1. The minimum absolute atomic E-state index is 0.114. The Morgan fingerprint density at radius 3 is 2.38 bits per heavy atom. The van der Waals surface area contributed by atoms with Gasteiger partial charge < -0.3 is 15.8 Å². The molecule has 0 heterocycles. The van der Waals surface area contributed by atoms with Gasteiger partial charge in [0.1, 0.15) is 5.75 Å². The Bertz CT molecular complexity index is 762. The van der Waals surface area contributed by atoms with Crippen molar-refractivity contribution >= 4 is 17.5 Å². The third-order valence-corrected chi connectivity index (χ3v) is 3.97. The van der Waals surface area contributed by atoms with Crippen molar-refractivity contribution in [3.05, 3.63) is 59.7 Å². The minimum atomic E-state index is -0.521. The molecule has 2 aromatic carbocycles. The number of carbonyl (C=O) groups excluding carboxylic acids is 2. The quantitative estimate of drug-likeness (QED) is 0.740. The first-order valence-corrected chi connectivity index (χ1v) is 8.69. The first-order chi connectivity index (χ1) is 12.3. The van der Waals surface area contributed by atoms with Gasteiger partial charge in [-0.05, 0) is 47.7 Å². The number of carbonyl (C=O) groups is 2. The van der Waals surface area contributed by atoms with Crippen LogP contribution < -0.4 is 15.8 Å². The summed E-state index contributed by atoms with van der Waals surface area (Å²) in [6.45, 7) is 6.96. The maximum Gasteiger partial charge on any atom is 0.248 e. The van der Waals surface area contributed by atoms with Crippen LogP contribution in [0.2, 0.25) is 0 Å². The van der Waals surface area contributed by atoms with Crippen LogP contribution in [0.1, 0.15) is 49.5 Å². The van der Waals surface area contributed by atoms with Gasteiger partial charge in [-0.25, -0.2) is 0 Å². The summed E-state index contributed by atoms with van der Waals surface area (Å²) in [6, 6.07) is 14.6. The standard InChI is InChI=1S/C21H26N2O3/c1-21(2,3)16-9-11-18(12-10-16)26-13-5-8-19(24)23-17-7-4-6-15(14-17)20(22)25/h4,6-7,9-12,14H,5,8,13H2,1-3H3,(H2,22,25)(H,23,24). The number of benzene rings is 2. The van der Waals surface area contributed by atoms with Crippen LogP contribution in [0.15, 0.2) is 48.5 Å². The highest BCUT2D eigenvalue weighted by Crippen LogP contribution is 2.24. The van der Waals surface area contributed by atoms with Gasteiger partial charge in [0, 0.05) is 17.7 Å². The Kier molecular flexibility index (Phi) is 6.39. The zero-order chi connectivity index (χ0) is 19.2. The Balaban J connectivity index is 1.75. The fourth-order valence-corrected chi connectivity index (χ4v) is 2.45. The van der Waals surface area contributed by atoms with E-state index in [2.05, 4.69) is 38.2 Å². The summed E-state index contributed by atoms with van der Waals surface area (Å²) in [5.41, 5.74) is 7.52. The Morgan fingerprint density at radius 2 is 1.77 bits per heavy atom. The highest BCUT2D eigenvalue weighted by atomic mass is 16.5. The van der Waals surface area contributed by atoms with Crippen LogP contribution in [-0.4, -0.2) is 18.4 Å². The zero-order valence-electron chi connectivity index (χ0n) is 15.5. The van der Waals surface area contributed by atoms with Crippen LogP contribution in [0, 0.1) is 0 Å². The van der Waals surface area contributed by atoms with Crippen molar-refractivity contribution in [1.82, 2.24) is 0 Å². The molecule has 2 rings (SSSR count). The van der Waals surface area contributed by atoms with Gasteiger partial charge in [0.25, 0.3) is 0 Å². The molecule has 0 fully saturated rings. The average molecular weight is 354 g/mol. The molecule has 0 atom stereocenters. The molecule has 2 aromatic rings. The number of hydrogen-bond acceptors (Lipinski definition) is 3. The van der Waals surface area contributed by atoms with E-state index in [0.29, 0.717) is 30.7 Å². The molecule has 0 saturated carbocycles. The lowest BCUT2D eigenvalue weighted by Gasteiger charge is -2.19. The molecule has 0 aliphatic rings. The van der Waals surface area contributed by atoms with E-state index in [1.807, 2.05) is 12.1 Å². The van der Waals surface area contributed by atoms with Gasteiger partial charge in [0.2, 0.25) is 11.8 Å². The number of ether oxygens (including phenoxy) is 1. The second kappa shape index (κ2) is 8.52. The van der Waals surface area contributed by atoms with Crippen LogP contribution in [0.3, 0.4) is 0 Å². The van der Waals surface area contributed by atoms with Crippen LogP contribution in [0.25, 0.3) is 0 Å². The number of hydrogen-bond donors (Lipinski definition) is 2. The predicted molar refractivity (Wildman–Crippen MR) is 103 cm³/mol. The summed E-state index contributed by atoms with van der Waals surface area (Å²) in [5, 5.41) is 2.76. The first kappa shape index (κ1) is 19.5. The molecule has 0 bridgehead atoms. The van der Waals surface area contributed by atoms with Crippen molar-refractivity contribution in [3.63, 3.8) is 0 Å². The van der Waals surface area contributed by atoms with E-state index in [-0.39, 0.29) is 11.3 Å². The molecular formula is C21H26N2O3.